The minimum Gasteiger partial charge on any atom is -0.493 e. The third-order valence-electron chi connectivity index (χ3n) is 1.71. The van der Waals surface area contributed by atoms with Gasteiger partial charge in [0.2, 0.25) is 0 Å². The first-order chi connectivity index (χ1) is 6.31. The molecule has 0 saturated heterocycles. The van der Waals surface area contributed by atoms with Gasteiger partial charge in [-0.25, -0.2) is 0 Å². The SMILES string of the molecule is CCOc1ccc(CS)cc1OC. The molecule has 0 fully saturated rings. The summed E-state index contributed by atoms with van der Waals surface area (Å²) >= 11 is 4.19. The van der Waals surface area contributed by atoms with Crippen molar-refractivity contribution in [3.05, 3.63) is 23.8 Å². The lowest BCUT2D eigenvalue weighted by atomic mass is 10.2. The average Bonchev–Trinajstić information content (AvgIpc) is 2.19. The molecule has 0 radical (unpaired) electrons. The van der Waals surface area contributed by atoms with Gasteiger partial charge in [-0.15, -0.1) is 0 Å². The number of thiol groups is 1. The Hall–Kier alpha value is -0.830. The lowest BCUT2D eigenvalue weighted by Crippen LogP contribution is -1.95. The van der Waals surface area contributed by atoms with Gasteiger partial charge >= 0.3 is 0 Å². The van der Waals surface area contributed by atoms with Gasteiger partial charge in [-0.3, -0.25) is 0 Å². The van der Waals surface area contributed by atoms with Crippen LogP contribution in [0.3, 0.4) is 0 Å². The summed E-state index contributed by atoms with van der Waals surface area (Å²) in [6.07, 6.45) is 0. The Labute approximate surface area is 84.3 Å². The van der Waals surface area contributed by atoms with Gasteiger partial charge < -0.3 is 9.47 Å². The number of hydrogen-bond acceptors (Lipinski definition) is 3. The molecule has 0 spiro atoms. The van der Waals surface area contributed by atoms with Crippen molar-refractivity contribution in [3.63, 3.8) is 0 Å². The molecule has 13 heavy (non-hydrogen) atoms. The summed E-state index contributed by atoms with van der Waals surface area (Å²) in [6.45, 7) is 2.60. The topological polar surface area (TPSA) is 18.5 Å². The van der Waals surface area contributed by atoms with Crippen LogP contribution in [0.4, 0.5) is 0 Å². The first-order valence-corrected chi connectivity index (χ1v) is 4.85. The largest absolute Gasteiger partial charge is 0.493 e. The van der Waals surface area contributed by atoms with E-state index in [2.05, 4.69) is 12.6 Å². The van der Waals surface area contributed by atoms with Crippen LogP contribution < -0.4 is 9.47 Å². The van der Waals surface area contributed by atoms with E-state index in [4.69, 9.17) is 9.47 Å². The minimum atomic E-state index is 0.649. The van der Waals surface area contributed by atoms with Crippen LogP contribution in [-0.2, 0) is 5.75 Å². The second-order valence-corrected chi connectivity index (χ2v) is 2.89. The number of methoxy groups -OCH3 is 1. The molecule has 0 aromatic heterocycles. The first kappa shape index (κ1) is 10.3. The molecule has 0 aliphatic rings. The number of rotatable bonds is 4. The van der Waals surface area contributed by atoms with Gasteiger partial charge in [-0.1, -0.05) is 6.07 Å². The van der Waals surface area contributed by atoms with Crippen LogP contribution in [-0.4, -0.2) is 13.7 Å². The molecular weight excluding hydrogens is 184 g/mol. The fourth-order valence-corrected chi connectivity index (χ4v) is 1.28. The molecule has 0 unspecified atom stereocenters. The summed E-state index contributed by atoms with van der Waals surface area (Å²) in [5.41, 5.74) is 1.13. The van der Waals surface area contributed by atoms with Crippen LogP contribution in [0.1, 0.15) is 12.5 Å². The highest BCUT2D eigenvalue weighted by Gasteiger charge is 2.03. The highest BCUT2D eigenvalue weighted by atomic mass is 32.1. The van der Waals surface area contributed by atoms with E-state index in [1.54, 1.807) is 7.11 Å². The predicted octanol–water partition coefficient (Wildman–Crippen LogP) is 2.52. The number of hydrogen-bond donors (Lipinski definition) is 1. The van der Waals surface area contributed by atoms with Crippen molar-refractivity contribution < 1.29 is 9.47 Å². The molecule has 0 bridgehead atoms. The lowest BCUT2D eigenvalue weighted by Gasteiger charge is -2.09. The van der Waals surface area contributed by atoms with Crippen molar-refractivity contribution in [2.75, 3.05) is 13.7 Å². The summed E-state index contributed by atoms with van der Waals surface area (Å²) in [5.74, 6) is 2.27. The molecule has 2 nitrogen and oxygen atoms in total. The van der Waals surface area contributed by atoms with Crippen LogP contribution in [0.25, 0.3) is 0 Å². The maximum Gasteiger partial charge on any atom is 0.161 e. The van der Waals surface area contributed by atoms with Gasteiger partial charge in [0, 0.05) is 5.75 Å². The second-order valence-electron chi connectivity index (χ2n) is 2.58. The summed E-state index contributed by atoms with van der Waals surface area (Å²) < 4.78 is 10.6. The van der Waals surface area contributed by atoms with Gasteiger partial charge in [0.25, 0.3) is 0 Å². The van der Waals surface area contributed by atoms with Gasteiger partial charge in [-0.2, -0.15) is 12.6 Å². The zero-order valence-corrected chi connectivity index (χ0v) is 8.80. The molecule has 1 aromatic rings. The van der Waals surface area contributed by atoms with Crippen LogP contribution >= 0.6 is 12.6 Å². The van der Waals surface area contributed by atoms with E-state index in [-0.39, 0.29) is 0 Å². The third kappa shape index (κ3) is 2.56. The monoisotopic (exact) mass is 198 g/mol. The molecule has 1 rings (SSSR count). The normalized spacial score (nSPS) is 9.77. The third-order valence-corrected chi connectivity index (χ3v) is 2.08. The molecule has 0 heterocycles. The van der Waals surface area contributed by atoms with Crippen LogP contribution in [0.2, 0.25) is 0 Å². The average molecular weight is 198 g/mol. The highest BCUT2D eigenvalue weighted by molar-refractivity contribution is 7.79. The van der Waals surface area contributed by atoms with Crippen molar-refractivity contribution in [2.45, 2.75) is 12.7 Å². The van der Waals surface area contributed by atoms with Gasteiger partial charge in [0.05, 0.1) is 13.7 Å². The molecular formula is C10H14O2S. The van der Waals surface area contributed by atoms with Crippen LogP contribution in [0, 0.1) is 0 Å². The summed E-state index contributed by atoms with van der Waals surface area (Å²) in [4.78, 5) is 0. The number of ether oxygens (including phenoxy) is 2. The molecule has 72 valence electrons. The molecule has 0 atom stereocenters. The molecule has 3 heteroatoms. The maximum absolute atomic E-state index is 5.38. The van der Waals surface area contributed by atoms with Gasteiger partial charge in [-0.05, 0) is 24.6 Å². The maximum atomic E-state index is 5.38. The zero-order chi connectivity index (χ0) is 9.68. The van der Waals surface area contributed by atoms with Crippen molar-refractivity contribution in [1.29, 1.82) is 0 Å². The Morgan fingerprint density at radius 3 is 2.62 bits per heavy atom. The molecule has 1 aromatic carbocycles. The van der Waals surface area contributed by atoms with E-state index in [0.717, 1.165) is 17.1 Å². The molecule has 0 aliphatic carbocycles. The fraction of sp³-hybridized carbons (Fsp3) is 0.400. The van der Waals surface area contributed by atoms with Crippen molar-refractivity contribution in [3.8, 4) is 11.5 Å². The Bertz CT molecular complexity index is 274. The van der Waals surface area contributed by atoms with Crippen molar-refractivity contribution >= 4 is 12.6 Å². The smallest absolute Gasteiger partial charge is 0.161 e. The van der Waals surface area contributed by atoms with Gasteiger partial charge in [0.15, 0.2) is 11.5 Å². The van der Waals surface area contributed by atoms with Crippen LogP contribution in [0.15, 0.2) is 18.2 Å². The van der Waals surface area contributed by atoms with E-state index in [1.807, 2.05) is 25.1 Å². The Balaban J connectivity index is 2.93. The second kappa shape index (κ2) is 5.02. The number of benzene rings is 1. The molecule has 0 aliphatic heterocycles. The quantitative estimate of drug-likeness (QED) is 0.749. The predicted molar refractivity (Wildman–Crippen MR) is 56.9 cm³/mol. The Kier molecular flexibility index (Phi) is 3.96. The molecule has 0 N–H and O–H groups in total. The standard InChI is InChI=1S/C10H14O2S/c1-3-12-9-5-4-8(7-13)6-10(9)11-2/h4-6,13H,3,7H2,1-2H3. The van der Waals surface area contributed by atoms with E-state index in [9.17, 15) is 0 Å². The van der Waals surface area contributed by atoms with E-state index >= 15 is 0 Å². The Morgan fingerprint density at radius 1 is 1.31 bits per heavy atom. The molecule has 0 amide bonds. The van der Waals surface area contributed by atoms with Crippen LogP contribution in [0.5, 0.6) is 11.5 Å². The van der Waals surface area contributed by atoms with E-state index < -0.39 is 0 Å². The highest BCUT2D eigenvalue weighted by Crippen LogP contribution is 2.28. The minimum absolute atomic E-state index is 0.649. The van der Waals surface area contributed by atoms with Gasteiger partial charge in [0.1, 0.15) is 0 Å². The lowest BCUT2D eigenvalue weighted by molar-refractivity contribution is 0.311. The van der Waals surface area contributed by atoms with E-state index in [0.29, 0.717) is 12.4 Å². The summed E-state index contributed by atoms with van der Waals surface area (Å²) in [5, 5.41) is 0. The van der Waals surface area contributed by atoms with Crippen molar-refractivity contribution in [2.24, 2.45) is 0 Å². The Morgan fingerprint density at radius 2 is 2.08 bits per heavy atom. The van der Waals surface area contributed by atoms with Crippen molar-refractivity contribution in [1.82, 2.24) is 0 Å². The fourth-order valence-electron chi connectivity index (χ4n) is 1.09. The first-order valence-electron chi connectivity index (χ1n) is 4.22. The molecule has 0 saturated carbocycles. The summed E-state index contributed by atoms with van der Waals surface area (Å²) in [6, 6.07) is 5.84. The van der Waals surface area contributed by atoms with E-state index in [1.165, 1.54) is 0 Å². The summed E-state index contributed by atoms with van der Waals surface area (Å²) in [7, 11) is 1.64. The zero-order valence-electron chi connectivity index (χ0n) is 7.91.